The van der Waals surface area contributed by atoms with Crippen LogP contribution < -0.4 is 5.73 Å². The van der Waals surface area contributed by atoms with Gasteiger partial charge in [-0.25, -0.2) is 4.39 Å². The number of allylic oxidation sites excluding steroid dienone is 2. The zero-order valence-corrected chi connectivity index (χ0v) is 3.32. The molecule has 2 heteroatoms. The van der Waals surface area contributed by atoms with Crippen LogP contribution in [0.4, 0.5) is 4.39 Å². The van der Waals surface area contributed by atoms with Gasteiger partial charge in [0.1, 0.15) is 5.83 Å². The SMILES string of the molecule is C=C(F)/C=C/N. The molecule has 0 aliphatic heterocycles. The van der Waals surface area contributed by atoms with Crippen molar-refractivity contribution < 1.29 is 4.39 Å². The standard InChI is InChI=1S/C4H6FN/c1-4(5)2-3-6/h2-3H,1,6H2/b3-2+. The van der Waals surface area contributed by atoms with Gasteiger partial charge in [-0.3, -0.25) is 0 Å². The summed E-state index contributed by atoms with van der Waals surface area (Å²) in [6.45, 7) is 2.91. The van der Waals surface area contributed by atoms with Crippen molar-refractivity contribution in [3.63, 3.8) is 0 Å². The third kappa shape index (κ3) is 3.21. The summed E-state index contributed by atoms with van der Waals surface area (Å²) < 4.78 is 11.3. The van der Waals surface area contributed by atoms with Gasteiger partial charge >= 0.3 is 0 Å². The van der Waals surface area contributed by atoms with Crippen LogP contribution in [-0.2, 0) is 0 Å². The molecule has 1 nitrogen and oxygen atoms in total. The van der Waals surface area contributed by atoms with E-state index in [1.165, 1.54) is 0 Å². The fraction of sp³-hybridized carbons (Fsp3) is 0. The van der Waals surface area contributed by atoms with Gasteiger partial charge in [-0.2, -0.15) is 0 Å². The molecule has 0 heterocycles. The van der Waals surface area contributed by atoms with Crippen LogP contribution >= 0.6 is 0 Å². The lowest BCUT2D eigenvalue weighted by Gasteiger charge is -1.71. The molecule has 0 aromatic carbocycles. The molecule has 0 aliphatic rings. The number of nitrogens with two attached hydrogens (primary N) is 1. The van der Waals surface area contributed by atoms with E-state index in [1.54, 1.807) is 0 Å². The van der Waals surface area contributed by atoms with E-state index in [-0.39, 0.29) is 0 Å². The highest BCUT2D eigenvalue weighted by Gasteiger charge is 1.70. The molecule has 0 saturated heterocycles. The normalized spacial score (nSPS) is 9.50. The van der Waals surface area contributed by atoms with Gasteiger partial charge in [0, 0.05) is 0 Å². The topological polar surface area (TPSA) is 26.0 Å². The Bertz CT molecular complexity index is 75.6. The Morgan fingerprint density at radius 1 is 1.83 bits per heavy atom. The summed E-state index contributed by atoms with van der Waals surface area (Å²) in [6, 6.07) is 0. The molecule has 2 N–H and O–H groups in total. The quantitative estimate of drug-likeness (QED) is 0.473. The number of halogens is 1. The molecular formula is C4H6FN. The summed E-state index contributed by atoms with van der Waals surface area (Å²) in [5, 5.41) is 0. The van der Waals surface area contributed by atoms with E-state index in [2.05, 4.69) is 6.58 Å². The Morgan fingerprint density at radius 2 is 2.33 bits per heavy atom. The molecule has 0 amide bonds. The second-order valence-electron chi connectivity index (χ2n) is 0.806. The van der Waals surface area contributed by atoms with Crippen molar-refractivity contribution in [2.45, 2.75) is 0 Å². The first kappa shape index (κ1) is 5.21. The van der Waals surface area contributed by atoms with Gasteiger partial charge in [-0.15, -0.1) is 0 Å². The fourth-order valence-electron chi connectivity index (χ4n) is 0.104. The van der Waals surface area contributed by atoms with Crippen LogP contribution in [0.3, 0.4) is 0 Å². The minimum atomic E-state index is -0.516. The zero-order chi connectivity index (χ0) is 4.99. The first-order chi connectivity index (χ1) is 2.77. The zero-order valence-electron chi connectivity index (χ0n) is 3.32. The van der Waals surface area contributed by atoms with Crippen molar-refractivity contribution in [1.82, 2.24) is 0 Å². The van der Waals surface area contributed by atoms with Crippen molar-refractivity contribution in [3.05, 3.63) is 24.7 Å². The number of hydrogen-bond acceptors (Lipinski definition) is 1. The molecule has 0 spiro atoms. The highest BCUT2D eigenvalue weighted by Crippen LogP contribution is 1.88. The summed E-state index contributed by atoms with van der Waals surface area (Å²) in [7, 11) is 0. The lowest BCUT2D eigenvalue weighted by atomic mass is 10.6. The van der Waals surface area contributed by atoms with Gasteiger partial charge in [0.15, 0.2) is 0 Å². The second-order valence-corrected chi connectivity index (χ2v) is 0.806. The van der Waals surface area contributed by atoms with Crippen LogP contribution in [-0.4, -0.2) is 0 Å². The fourth-order valence-corrected chi connectivity index (χ4v) is 0.104. The van der Waals surface area contributed by atoms with Crippen LogP contribution in [0.15, 0.2) is 24.7 Å². The molecule has 0 bridgehead atoms. The average molecular weight is 87.1 g/mol. The first-order valence-corrected chi connectivity index (χ1v) is 1.50. The van der Waals surface area contributed by atoms with E-state index in [1.807, 2.05) is 0 Å². The van der Waals surface area contributed by atoms with Gasteiger partial charge < -0.3 is 5.73 Å². The van der Waals surface area contributed by atoms with E-state index in [0.717, 1.165) is 12.3 Å². The van der Waals surface area contributed by atoms with Crippen molar-refractivity contribution in [2.75, 3.05) is 0 Å². The molecule has 0 atom stereocenters. The van der Waals surface area contributed by atoms with E-state index in [4.69, 9.17) is 5.73 Å². The summed E-state index contributed by atoms with van der Waals surface area (Å²) >= 11 is 0. The lowest BCUT2D eigenvalue weighted by Crippen LogP contribution is -1.73. The maximum absolute atomic E-state index is 11.3. The average Bonchev–Trinajstić information content (AvgIpc) is 1.35. The van der Waals surface area contributed by atoms with Crippen LogP contribution in [0.2, 0.25) is 0 Å². The summed E-state index contributed by atoms with van der Waals surface area (Å²) in [5.41, 5.74) is 4.75. The van der Waals surface area contributed by atoms with Gasteiger partial charge in [-0.1, -0.05) is 6.58 Å². The Morgan fingerprint density at radius 3 is 2.33 bits per heavy atom. The van der Waals surface area contributed by atoms with Crippen molar-refractivity contribution in [1.29, 1.82) is 0 Å². The smallest absolute Gasteiger partial charge is 0.117 e. The van der Waals surface area contributed by atoms with Crippen LogP contribution in [0, 0.1) is 0 Å². The number of rotatable bonds is 1. The third-order valence-electron chi connectivity index (χ3n) is 0.277. The van der Waals surface area contributed by atoms with Gasteiger partial charge in [-0.05, 0) is 12.3 Å². The first-order valence-electron chi connectivity index (χ1n) is 1.50. The Balaban J connectivity index is 3.30. The van der Waals surface area contributed by atoms with Crippen LogP contribution in [0.1, 0.15) is 0 Å². The van der Waals surface area contributed by atoms with E-state index < -0.39 is 5.83 Å². The number of hydrogen-bond donors (Lipinski definition) is 1. The van der Waals surface area contributed by atoms with Crippen LogP contribution in [0.5, 0.6) is 0 Å². The molecule has 0 radical (unpaired) electrons. The molecule has 34 valence electrons. The Kier molecular flexibility index (Phi) is 2.13. The molecule has 0 aliphatic carbocycles. The highest BCUT2D eigenvalue weighted by atomic mass is 19.1. The maximum atomic E-state index is 11.3. The van der Waals surface area contributed by atoms with Crippen molar-refractivity contribution in [2.24, 2.45) is 5.73 Å². The van der Waals surface area contributed by atoms with E-state index in [9.17, 15) is 4.39 Å². The molecule has 0 rings (SSSR count). The van der Waals surface area contributed by atoms with Gasteiger partial charge in [0.2, 0.25) is 0 Å². The molecule has 0 aromatic heterocycles. The molecular weight excluding hydrogens is 81.0 g/mol. The summed E-state index contributed by atoms with van der Waals surface area (Å²) in [6.07, 6.45) is 2.18. The minimum absolute atomic E-state index is 0.516. The second kappa shape index (κ2) is 2.45. The highest BCUT2D eigenvalue weighted by molar-refractivity contribution is 5.03. The molecule has 0 aromatic rings. The van der Waals surface area contributed by atoms with Crippen molar-refractivity contribution >= 4 is 0 Å². The third-order valence-corrected chi connectivity index (χ3v) is 0.277. The molecule has 0 fully saturated rings. The minimum Gasteiger partial charge on any atom is -0.405 e. The van der Waals surface area contributed by atoms with Gasteiger partial charge in [0.05, 0.1) is 0 Å². The molecule has 0 unspecified atom stereocenters. The maximum Gasteiger partial charge on any atom is 0.117 e. The molecule has 0 saturated carbocycles. The van der Waals surface area contributed by atoms with Crippen molar-refractivity contribution in [3.8, 4) is 0 Å². The van der Waals surface area contributed by atoms with Gasteiger partial charge in [0.25, 0.3) is 0 Å². The monoisotopic (exact) mass is 87.0 g/mol. The summed E-state index contributed by atoms with van der Waals surface area (Å²) in [5.74, 6) is -0.516. The molecule has 6 heavy (non-hydrogen) atoms. The largest absolute Gasteiger partial charge is 0.405 e. The Hall–Kier alpha value is -0.790. The summed E-state index contributed by atoms with van der Waals surface area (Å²) in [4.78, 5) is 0. The predicted molar refractivity (Wildman–Crippen MR) is 23.6 cm³/mol. The Labute approximate surface area is 36.0 Å². The van der Waals surface area contributed by atoms with Crippen LogP contribution in [0.25, 0.3) is 0 Å². The van der Waals surface area contributed by atoms with E-state index in [0.29, 0.717) is 0 Å². The predicted octanol–water partition coefficient (Wildman–Crippen LogP) is 0.942. The van der Waals surface area contributed by atoms with E-state index >= 15 is 0 Å². The lowest BCUT2D eigenvalue weighted by molar-refractivity contribution is 0.671.